The molecule has 0 bridgehead atoms. The standard InChI is InChI=1S/C11H9ClN4OS/c1-2-9-13-14-11-16(9)15-10(18-11)7-5-6(17)3-4-8(7)12/h3-5,17H,2H2,1H3. The van der Waals surface area contributed by atoms with Gasteiger partial charge in [-0.2, -0.15) is 9.61 Å². The van der Waals surface area contributed by atoms with Crippen LogP contribution in [0.5, 0.6) is 5.75 Å². The van der Waals surface area contributed by atoms with Crippen LogP contribution >= 0.6 is 22.9 Å². The lowest BCUT2D eigenvalue weighted by Gasteiger charge is -2.00. The summed E-state index contributed by atoms with van der Waals surface area (Å²) in [6, 6.07) is 4.79. The van der Waals surface area contributed by atoms with Crippen molar-refractivity contribution in [1.82, 2.24) is 19.8 Å². The second-order valence-electron chi connectivity index (χ2n) is 3.74. The first-order valence-corrected chi connectivity index (χ1v) is 6.58. The Morgan fingerprint density at radius 1 is 1.39 bits per heavy atom. The van der Waals surface area contributed by atoms with Crippen LogP contribution in [0.2, 0.25) is 5.02 Å². The quantitative estimate of drug-likeness (QED) is 0.784. The lowest BCUT2D eigenvalue weighted by Crippen LogP contribution is -1.93. The van der Waals surface area contributed by atoms with Crippen molar-refractivity contribution in [2.45, 2.75) is 13.3 Å². The Morgan fingerprint density at radius 3 is 3.00 bits per heavy atom. The third-order valence-electron chi connectivity index (χ3n) is 2.55. The summed E-state index contributed by atoms with van der Waals surface area (Å²) in [7, 11) is 0. The van der Waals surface area contributed by atoms with E-state index in [1.54, 1.807) is 22.7 Å². The topological polar surface area (TPSA) is 63.3 Å². The molecule has 0 aliphatic carbocycles. The number of benzene rings is 1. The molecule has 3 rings (SSSR count). The van der Waals surface area contributed by atoms with Gasteiger partial charge in [0.25, 0.3) is 0 Å². The molecule has 18 heavy (non-hydrogen) atoms. The molecule has 0 fully saturated rings. The van der Waals surface area contributed by atoms with E-state index >= 15 is 0 Å². The van der Waals surface area contributed by atoms with Gasteiger partial charge in [0, 0.05) is 12.0 Å². The SMILES string of the molecule is CCc1nnc2sc(-c3cc(O)ccc3Cl)nn12. The molecule has 0 aliphatic rings. The van der Waals surface area contributed by atoms with Gasteiger partial charge in [-0.15, -0.1) is 10.2 Å². The number of hydrogen-bond donors (Lipinski definition) is 1. The molecule has 7 heteroatoms. The van der Waals surface area contributed by atoms with Gasteiger partial charge in [-0.1, -0.05) is 29.9 Å². The highest BCUT2D eigenvalue weighted by Gasteiger charge is 2.14. The van der Waals surface area contributed by atoms with Crippen molar-refractivity contribution >= 4 is 27.9 Å². The van der Waals surface area contributed by atoms with Crippen molar-refractivity contribution in [2.24, 2.45) is 0 Å². The van der Waals surface area contributed by atoms with Gasteiger partial charge in [0.15, 0.2) is 5.82 Å². The first kappa shape index (κ1) is 11.4. The predicted molar refractivity (Wildman–Crippen MR) is 70.1 cm³/mol. The molecule has 1 aromatic carbocycles. The summed E-state index contributed by atoms with van der Waals surface area (Å²) in [4.78, 5) is 0.723. The highest BCUT2D eigenvalue weighted by Crippen LogP contribution is 2.33. The Morgan fingerprint density at radius 2 is 2.22 bits per heavy atom. The Labute approximate surface area is 112 Å². The maximum Gasteiger partial charge on any atom is 0.234 e. The first-order chi connectivity index (χ1) is 8.69. The molecular formula is C11H9ClN4OS. The third-order valence-corrected chi connectivity index (χ3v) is 3.81. The van der Waals surface area contributed by atoms with E-state index in [4.69, 9.17) is 11.6 Å². The Balaban J connectivity index is 2.19. The number of fused-ring (bicyclic) bond motifs is 1. The summed E-state index contributed by atoms with van der Waals surface area (Å²) in [5.74, 6) is 0.972. The van der Waals surface area contributed by atoms with E-state index in [0.717, 1.165) is 22.2 Å². The van der Waals surface area contributed by atoms with Gasteiger partial charge >= 0.3 is 0 Å². The van der Waals surface area contributed by atoms with Crippen molar-refractivity contribution in [3.05, 3.63) is 29.0 Å². The van der Waals surface area contributed by atoms with E-state index in [9.17, 15) is 5.11 Å². The van der Waals surface area contributed by atoms with E-state index < -0.39 is 0 Å². The number of phenols is 1. The fraction of sp³-hybridized carbons (Fsp3) is 0.182. The molecule has 0 saturated heterocycles. The molecule has 0 atom stereocenters. The average molecular weight is 281 g/mol. The minimum absolute atomic E-state index is 0.163. The molecule has 3 aromatic rings. The van der Waals surface area contributed by atoms with Crippen LogP contribution in [-0.2, 0) is 6.42 Å². The maximum atomic E-state index is 9.51. The summed E-state index contributed by atoms with van der Waals surface area (Å²) in [5.41, 5.74) is 0.703. The van der Waals surface area contributed by atoms with Crippen molar-refractivity contribution in [2.75, 3.05) is 0 Å². The molecule has 5 nitrogen and oxygen atoms in total. The summed E-state index contributed by atoms with van der Waals surface area (Å²) >= 11 is 7.50. The van der Waals surface area contributed by atoms with E-state index in [0.29, 0.717) is 10.6 Å². The summed E-state index contributed by atoms with van der Waals surface area (Å²) < 4.78 is 1.71. The van der Waals surface area contributed by atoms with Crippen molar-refractivity contribution in [3.8, 4) is 16.3 Å². The minimum atomic E-state index is 0.163. The van der Waals surface area contributed by atoms with Crippen LogP contribution in [0.15, 0.2) is 18.2 Å². The molecule has 2 aromatic heterocycles. The van der Waals surface area contributed by atoms with Crippen LogP contribution < -0.4 is 0 Å². The average Bonchev–Trinajstić information content (AvgIpc) is 2.91. The lowest BCUT2D eigenvalue weighted by atomic mass is 10.2. The van der Waals surface area contributed by atoms with E-state index in [1.807, 2.05) is 6.92 Å². The maximum absolute atomic E-state index is 9.51. The van der Waals surface area contributed by atoms with Gasteiger partial charge in [-0.3, -0.25) is 0 Å². The minimum Gasteiger partial charge on any atom is -0.508 e. The first-order valence-electron chi connectivity index (χ1n) is 5.39. The van der Waals surface area contributed by atoms with Gasteiger partial charge in [-0.25, -0.2) is 0 Å². The van der Waals surface area contributed by atoms with Gasteiger partial charge in [-0.05, 0) is 18.2 Å². The number of nitrogens with zero attached hydrogens (tertiary/aromatic N) is 4. The van der Waals surface area contributed by atoms with Crippen LogP contribution in [0.25, 0.3) is 15.5 Å². The zero-order valence-electron chi connectivity index (χ0n) is 9.46. The smallest absolute Gasteiger partial charge is 0.234 e. The monoisotopic (exact) mass is 280 g/mol. The van der Waals surface area contributed by atoms with Gasteiger partial charge in [0.1, 0.15) is 10.8 Å². The predicted octanol–water partition coefficient (Wildman–Crippen LogP) is 2.77. The molecule has 0 saturated carbocycles. The highest BCUT2D eigenvalue weighted by atomic mass is 35.5. The molecular weight excluding hydrogens is 272 g/mol. The van der Waals surface area contributed by atoms with Crippen LogP contribution in [0.3, 0.4) is 0 Å². The Hall–Kier alpha value is -1.66. The number of hydrogen-bond acceptors (Lipinski definition) is 5. The molecule has 0 radical (unpaired) electrons. The molecule has 1 N–H and O–H groups in total. The number of aromatic nitrogens is 4. The zero-order chi connectivity index (χ0) is 12.7. The van der Waals surface area contributed by atoms with Crippen LogP contribution in [0.4, 0.5) is 0 Å². The van der Waals surface area contributed by atoms with Crippen molar-refractivity contribution < 1.29 is 5.11 Å². The van der Waals surface area contributed by atoms with Crippen LogP contribution in [0, 0.1) is 0 Å². The third kappa shape index (κ3) is 1.74. The molecule has 0 aliphatic heterocycles. The van der Waals surface area contributed by atoms with Gasteiger partial charge in [0.05, 0.1) is 5.02 Å². The molecule has 2 heterocycles. The lowest BCUT2D eigenvalue weighted by molar-refractivity contribution is 0.475. The second-order valence-corrected chi connectivity index (χ2v) is 5.10. The van der Waals surface area contributed by atoms with E-state index in [2.05, 4.69) is 15.3 Å². The van der Waals surface area contributed by atoms with Crippen LogP contribution in [0.1, 0.15) is 12.7 Å². The highest BCUT2D eigenvalue weighted by molar-refractivity contribution is 7.19. The molecule has 92 valence electrons. The van der Waals surface area contributed by atoms with E-state index in [1.165, 1.54) is 11.3 Å². The number of halogens is 1. The number of rotatable bonds is 2. The van der Waals surface area contributed by atoms with Gasteiger partial charge < -0.3 is 5.11 Å². The number of aromatic hydroxyl groups is 1. The Bertz CT molecular complexity index is 721. The van der Waals surface area contributed by atoms with Gasteiger partial charge in [0.2, 0.25) is 4.96 Å². The second kappa shape index (κ2) is 4.22. The zero-order valence-corrected chi connectivity index (χ0v) is 11.0. The summed E-state index contributed by atoms with van der Waals surface area (Å²) in [6.07, 6.45) is 0.762. The van der Waals surface area contributed by atoms with Crippen LogP contribution in [-0.4, -0.2) is 24.9 Å². The number of aryl methyl sites for hydroxylation is 1. The largest absolute Gasteiger partial charge is 0.508 e. The molecule has 0 amide bonds. The summed E-state index contributed by atoms with van der Waals surface area (Å²) in [5, 5.41) is 23.3. The van der Waals surface area contributed by atoms with Crippen molar-refractivity contribution in [1.29, 1.82) is 0 Å². The van der Waals surface area contributed by atoms with Crippen molar-refractivity contribution in [3.63, 3.8) is 0 Å². The fourth-order valence-corrected chi connectivity index (χ4v) is 2.82. The molecule has 0 unspecified atom stereocenters. The van der Waals surface area contributed by atoms with E-state index in [-0.39, 0.29) is 5.75 Å². The fourth-order valence-electron chi connectivity index (χ4n) is 1.66. The summed E-state index contributed by atoms with van der Waals surface area (Å²) in [6.45, 7) is 2.00. The molecule has 0 spiro atoms. The normalized spacial score (nSPS) is 11.2. The number of phenolic OH excluding ortho intramolecular Hbond substituents is 1. The Kier molecular flexibility index (Phi) is 2.68.